The number of thioether (sulfide) groups is 1. The van der Waals surface area contributed by atoms with Crippen LogP contribution in [0.15, 0.2) is 11.1 Å². The topological polar surface area (TPSA) is 76.1 Å². The molecule has 2 amide bonds. The second-order valence-corrected chi connectivity index (χ2v) is 7.16. The molecule has 8 heteroatoms. The average molecular weight is 342 g/mol. The van der Waals surface area contributed by atoms with Crippen LogP contribution < -0.4 is 5.32 Å². The summed E-state index contributed by atoms with van der Waals surface area (Å²) in [4.78, 5) is 25.0. The highest BCUT2D eigenvalue weighted by Crippen LogP contribution is 2.27. The number of aliphatic carboxylic acids is 1. The van der Waals surface area contributed by atoms with Crippen molar-refractivity contribution in [3.63, 3.8) is 0 Å². The van der Waals surface area contributed by atoms with Crippen LogP contribution in [0.4, 0.5) is 4.79 Å². The highest BCUT2D eigenvalue weighted by Gasteiger charge is 2.28. The number of amides is 2. The van der Waals surface area contributed by atoms with Crippen molar-refractivity contribution in [3.8, 4) is 0 Å². The number of likely N-dealkylation sites (N-methyl/N-ethyl adjacent to an activating group) is 1. The van der Waals surface area contributed by atoms with Gasteiger partial charge in [0.25, 0.3) is 0 Å². The van der Waals surface area contributed by atoms with Gasteiger partial charge < -0.3 is 15.3 Å². The quantitative estimate of drug-likeness (QED) is 0.763. The van der Waals surface area contributed by atoms with Crippen molar-refractivity contribution >= 4 is 23.8 Å². The molecule has 0 bridgehead atoms. The Morgan fingerprint density at radius 1 is 1.39 bits per heavy atom. The third-order valence-electron chi connectivity index (χ3n) is 4.13. The van der Waals surface area contributed by atoms with E-state index in [2.05, 4.69) is 20.7 Å². The summed E-state index contributed by atoms with van der Waals surface area (Å²) in [7, 11) is 1.69. The van der Waals surface area contributed by atoms with E-state index in [1.54, 1.807) is 37.6 Å². The number of carboxylic acid groups (broad SMARTS) is 1. The number of hydrogen-bond donors (Lipinski definition) is 2. The van der Waals surface area contributed by atoms with Crippen molar-refractivity contribution in [1.82, 2.24) is 20.2 Å². The predicted molar refractivity (Wildman–Crippen MR) is 90.6 cm³/mol. The molecule has 2 aliphatic rings. The molecule has 0 saturated carbocycles. The summed E-state index contributed by atoms with van der Waals surface area (Å²) in [6.07, 6.45) is 2.42. The van der Waals surface area contributed by atoms with Crippen LogP contribution in [-0.4, -0.2) is 70.6 Å². The Hall–Kier alpha value is -1.41. The molecular formula is C15H26N4O3S. The lowest BCUT2D eigenvalue weighted by molar-refractivity contribution is -0.140. The second-order valence-electron chi connectivity index (χ2n) is 6.33. The number of carboxylic acids is 1. The number of urea groups is 1. The Morgan fingerprint density at radius 3 is 2.61 bits per heavy atom. The Kier molecular flexibility index (Phi) is 6.17. The van der Waals surface area contributed by atoms with E-state index in [0.717, 1.165) is 24.7 Å². The van der Waals surface area contributed by atoms with Crippen LogP contribution in [0, 0.1) is 5.92 Å². The number of carbonyl (C=O) groups is 2. The van der Waals surface area contributed by atoms with Gasteiger partial charge in [-0.15, -0.1) is 11.8 Å². The van der Waals surface area contributed by atoms with Gasteiger partial charge in [0.05, 0.1) is 18.1 Å². The van der Waals surface area contributed by atoms with Crippen LogP contribution in [-0.2, 0) is 4.79 Å². The van der Waals surface area contributed by atoms with Gasteiger partial charge in [0.15, 0.2) is 0 Å². The fourth-order valence-corrected chi connectivity index (χ4v) is 3.68. The van der Waals surface area contributed by atoms with Crippen LogP contribution in [0.1, 0.15) is 26.7 Å². The first-order valence-corrected chi connectivity index (χ1v) is 9.02. The summed E-state index contributed by atoms with van der Waals surface area (Å²) in [5, 5.41) is 18.4. The summed E-state index contributed by atoms with van der Waals surface area (Å²) in [6, 6.07) is -1.23. The largest absolute Gasteiger partial charge is 0.480 e. The van der Waals surface area contributed by atoms with Gasteiger partial charge in [0, 0.05) is 20.1 Å². The molecule has 1 fully saturated rings. The molecule has 1 atom stereocenters. The van der Waals surface area contributed by atoms with Gasteiger partial charge in [0.1, 0.15) is 6.04 Å². The zero-order chi connectivity index (χ0) is 17.0. The van der Waals surface area contributed by atoms with E-state index < -0.39 is 12.0 Å². The van der Waals surface area contributed by atoms with Gasteiger partial charge in [-0.25, -0.2) is 14.6 Å². The normalized spacial score (nSPS) is 19.8. The molecule has 2 N–H and O–H groups in total. The zero-order valence-electron chi connectivity index (χ0n) is 14.0. The number of hydrogen-bond acceptors (Lipinski definition) is 5. The maximum absolute atomic E-state index is 12.3. The first-order chi connectivity index (χ1) is 10.9. The van der Waals surface area contributed by atoms with Crippen molar-refractivity contribution in [2.24, 2.45) is 5.92 Å². The van der Waals surface area contributed by atoms with E-state index >= 15 is 0 Å². The van der Waals surface area contributed by atoms with Gasteiger partial charge >= 0.3 is 12.0 Å². The predicted octanol–water partition coefficient (Wildman–Crippen LogP) is 1.60. The Balaban J connectivity index is 1.91. The molecule has 2 heterocycles. The second kappa shape index (κ2) is 7.92. The molecule has 2 rings (SSSR count). The lowest BCUT2D eigenvalue weighted by Gasteiger charge is -2.33. The number of nitrogens with one attached hydrogen (secondary N) is 1. The van der Waals surface area contributed by atoms with Crippen LogP contribution in [0.3, 0.4) is 0 Å². The molecule has 1 saturated heterocycles. The molecule has 0 aliphatic carbocycles. The Bertz CT molecular complexity index is 477. The Morgan fingerprint density at radius 2 is 2.04 bits per heavy atom. The fourth-order valence-electron chi connectivity index (χ4n) is 2.74. The zero-order valence-corrected chi connectivity index (χ0v) is 14.8. The maximum atomic E-state index is 12.3. The van der Waals surface area contributed by atoms with Gasteiger partial charge in [-0.1, -0.05) is 13.8 Å². The third-order valence-corrected chi connectivity index (χ3v) is 4.96. The van der Waals surface area contributed by atoms with Crippen molar-refractivity contribution in [2.45, 2.75) is 32.7 Å². The Labute approximate surface area is 141 Å². The minimum Gasteiger partial charge on any atom is -0.480 e. The molecule has 2 aliphatic heterocycles. The van der Waals surface area contributed by atoms with Crippen LogP contribution in [0.25, 0.3) is 0 Å². The van der Waals surface area contributed by atoms with E-state index in [1.807, 2.05) is 0 Å². The third kappa shape index (κ3) is 4.54. The van der Waals surface area contributed by atoms with Gasteiger partial charge in [-0.3, -0.25) is 5.01 Å². The summed E-state index contributed by atoms with van der Waals surface area (Å²) < 4.78 is 0. The minimum absolute atomic E-state index is 0.160. The number of nitrogens with zero attached hydrogens (tertiary/aromatic N) is 3. The lowest BCUT2D eigenvalue weighted by atomic mass is 10.1. The molecule has 0 spiro atoms. The smallest absolute Gasteiger partial charge is 0.326 e. The summed E-state index contributed by atoms with van der Waals surface area (Å²) >= 11 is 1.72. The summed E-state index contributed by atoms with van der Waals surface area (Å²) in [6.45, 7) is 6.15. The first-order valence-electron chi connectivity index (χ1n) is 7.97. The number of hydrazine groups is 1. The van der Waals surface area contributed by atoms with Crippen molar-refractivity contribution in [3.05, 3.63) is 11.1 Å². The molecule has 0 unspecified atom stereocenters. The highest BCUT2D eigenvalue weighted by atomic mass is 32.2. The van der Waals surface area contributed by atoms with Gasteiger partial charge in [-0.2, -0.15) is 0 Å². The van der Waals surface area contributed by atoms with Crippen molar-refractivity contribution in [1.29, 1.82) is 0 Å². The molecular weight excluding hydrogens is 316 g/mol. The van der Waals surface area contributed by atoms with E-state index in [0.29, 0.717) is 6.54 Å². The van der Waals surface area contributed by atoms with Crippen LogP contribution in [0.2, 0.25) is 0 Å². The monoisotopic (exact) mass is 342 g/mol. The minimum atomic E-state index is -1.00. The maximum Gasteiger partial charge on any atom is 0.326 e. The lowest BCUT2D eigenvalue weighted by Crippen LogP contribution is -2.50. The molecule has 0 aromatic rings. The number of carbonyl (C=O) groups excluding carboxylic acids is 1. The van der Waals surface area contributed by atoms with Crippen molar-refractivity contribution < 1.29 is 14.7 Å². The first kappa shape index (κ1) is 17.9. The number of rotatable bonds is 6. The molecule has 0 radical (unpaired) electrons. The molecule has 0 aromatic heterocycles. The fraction of sp³-hybridized carbons (Fsp3) is 0.733. The summed E-state index contributed by atoms with van der Waals surface area (Å²) in [5.74, 6) is -0.280. The van der Waals surface area contributed by atoms with Gasteiger partial charge in [0.2, 0.25) is 0 Å². The average Bonchev–Trinajstić information content (AvgIpc) is 3.13. The van der Waals surface area contributed by atoms with E-state index in [9.17, 15) is 14.7 Å². The van der Waals surface area contributed by atoms with Crippen LogP contribution in [0.5, 0.6) is 0 Å². The SMILES string of the molecule is CC(C)[C@H](NC(=O)N(C)CC1=CSCN1N1CCCC1)C(=O)O. The van der Waals surface area contributed by atoms with E-state index in [4.69, 9.17) is 0 Å². The van der Waals surface area contributed by atoms with Crippen molar-refractivity contribution in [2.75, 3.05) is 32.6 Å². The molecule has 0 aromatic carbocycles. The standard InChI is InChI=1S/C15H26N4O3S/c1-11(2)13(14(20)21)16-15(22)17(3)8-12-9-23-10-19(12)18-6-4-5-7-18/h9,11,13H,4-8,10H2,1-3H3,(H,16,22)(H,20,21)/t13-/m0/s1. The van der Waals surface area contributed by atoms with Gasteiger partial charge in [-0.05, 0) is 24.2 Å². The highest BCUT2D eigenvalue weighted by molar-refractivity contribution is 8.02. The molecule has 23 heavy (non-hydrogen) atoms. The van der Waals surface area contributed by atoms with Crippen LogP contribution >= 0.6 is 11.8 Å². The summed E-state index contributed by atoms with van der Waals surface area (Å²) in [5.41, 5.74) is 1.09. The molecule has 130 valence electrons. The van der Waals surface area contributed by atoms with E-state index in [1.165, 1.54) is 12.8 Å². The molecule has 7 nitrogen and oxygen atoms in total. The van der Waals surface area contributed by atoms with E-state index in [-0.39, 0.29) is 11.9 Å².